The number of carbonyl (C=O) groups is 6. The number of aliphatic hydroxyl groups excluding tert-OH is 1. The molecular weight excluding hydrogens is 778 g/mol. The lowest BCUT2D eigenvalue weighted by molar-refractivity contribution is -0.311. The molecule has 15 heteroatoms. The molecule has 3 aliphatic carbocycles. The second-order valence-corrected chi connectivity index (χ2v) is 17.8. The van der Waals surface area contributed by atoms with Crippen molar-refractivity contribution in [2.45, 2.75) is 116 Å². The molecule has 2 bridgehead atoms. The maximum Gasteiger partial charge on any atom is 0.408 e. The molecule has 1 heterocycles. The average molecular weight is 832 g/mol. The molecule has 1 amide bonds. The van der Waals surface area contributed by atoms with Crippen LogP contribution < -0.4 is 5.32 Å². The Labute approximate surface area is 348 Å². The first-order valence-corrected chi connectivity index (χ1v) is 19.8. The molecular formula is C45H53NO14. The Morgan fingerprint density at radius 2 is 1.53 bits per heavy atom. The van der Waals surface area contributed by atoms with Gasteiger partial charge in [0, 0.05) is 31.6 Å². The van der Waals surface area contributed by atoms with Gasteiger partial charge in [-0.1, -0.05) is 74.5 Å². The monoisotopic (exact) mass is 831 g/mol. The molecule has 1 saturated heterocycles. The van der Waals surface area contributed by atoms with E-state index in [0.29, 0.717) is 5.56 Å². The van der Waals surface area contributed by atoms with Crippen LogP contribution in [0.5, 0.6) is 0 Å². The largest absolute Gasteiger partial charge is 0.455 e. The number of rotatable bonds is 9. The summed E-state index contributed by atoms with van der Waals surface area (Å²) in [5.41, 5.74) is -7.52. The molecule has 1 saturated carbocycles. The van der Waals surface area contributed by atoms with E-state index in [1.54, 1.807) is 109 Å². The van der Waals surface area contributed by atoms with E-state index >= 15 is 4.79 Å². The number of carbonyl (C=O) groups excluding carboxylic acids is 6. The number of benzene rings is 2. The fourth-order valence-corrected chi connectivity index (χ4v) is 9.45. The van der Waals surface area contributed by atoms with Crippen molar-refractivity contribution in [3.05, 3.63) is 95.3 Å². The van der Waals surface area contributed by atoms with Crippen molar-refractivity contribution in [2.75, 3.05) is 6.61 Å². The molecule has 3 N–H and O–H groups in total. The van der Waals surface area contributed by atoms with Gasteiger partial charge in [-0.25, -0.2) is 14.4 Å². The summed E-state index contributed by atoms with van der Waals surface area (Å²) >= 11 is 0. The lowest BCUT2D eigenvalue weighted by atomic mass is 9.45. The average Bonchev–Trinajstić information content (AvgIpc) is 3.15. The van der Waals surface area contributed by atoms with E-state index in [1.165, 1.54) is 19.1 Å². The van der Waals surface area contributed by atoms with Gasteiger partial charge in [0.2, 0.25) is 0 Å². The number of Topliss-reactive ketones (excluding diaryl/α,β-unsaturated/α-hetero) is 1. The Balaban J connectivity index is 1.52. The molecule has 10 atom stereocenters. The van der Waals surface area contributed by atoms with Crippen molar-refractivity contribution < 1.29 is 67.4 Å². The fourth-order valence-electron chi connectivity index (χ4n) is 9.45. The van der Waals surface area contributed by atoms with E-state index in [2.05, 4.69) is 5.32 Å². The van der Waals surface area contributed by atoms with Crippen LogP contribution in [0.3, 0.4) is 0 Å². The number of ether oxygens (including phenoxy) is 6. The SMILES string of the molecule is CC(=O)O[C@H]1C(=O)[C@]2(C)C=C[C@H]3OC[C@@]3(OC(C)=O)[C@H]2[C@H](OC(=O)c2ccccc2)[C@]2(O)CC(OC(=O)[C@H](O)[C@@H](NC(=O)OC(C)(C)C)c3ccccc3)=C(C)[C@H]1C2(C)C. The second-order valence-electron chi connectivity index (χ2n) is 17.8. The number of ketones is 1. The minimum absolute atomic E-state index is 0.111. The molecule has 0 spiro atoms. The van der Waals surface area contributed by atoms with Gasteiger partial charge < -0.3 is 44.0 Å². The predicted molar refractivity (Wildman–Crippen MR) is 211 cm³/mol. The summed E-state index contributed by atoms with van der Waals surface area (Å²) in [5, 5.41) is 27.8. The van der Waals surface area contributed by atoms with Crippen LogP contribution in [-0.2, 0) is 47.6 Å². The van der Waals surface area contributed by atoms with Crippen molar-refractivity contribution >= 4 is 35.8 Å². The number of allylic oxidation sites excluding steroid dienone is 1. The van der Waals surface area contributed by atoms with Gasteiger partial charge in [0.05, 0.1) is 29.5 Å². The third kappa shape index (κ3) is 7.74. The maximum atomic E-state index is 15.4. The van der Waals surface area contributed by atoms with E-state index in [-0.39, 0.29) is 23.5 Å². The zero-order valence-electron chi connectivity index (χ0n) is 35.2. The minimum atomic E-state index is -2.31. The summed E-state index contributed by atoms with van der Waals surface area (Å²) in [6.07, 6.45) is -4.70. The van der Waals surface area contributed by atoms with Gasteiger partial charge >= 0.3 is 30.0 Å². The number of hydrogen-bond acceptors (Lipinski definition) is 14. The van der Waals surface area contributed by atoms with Gasteiger partial charge in [-0.3, -0.25) is 14.4 Å². The smallest absolute Gasteiger partial charge is 0.408 e. The molecule has 1 aliphatic heterocycles. The van der Waals surface area contributed by atoms with E-state index in [4.69, 9.17) is 28.4 Å². The van der Waals surface area contributed by atoms with Gasteiger partial charge in [0.1, 0.15) is 29.2 Å². The van der Waals surface area contributed by atoms with Crippen LogP contribution >= 0.6 is 0 Å². The highest BCUT2D eigenvalue weighted by Crippen LogP contribution is 2.64. The molecule has 0 radical (unpaired) electrons. The number of nitrogens with one attached hydrogen (secondary N) is 1. The van der Waals surface area contributed by atoms with Gasteiger partial charge in [-0.05, 0) is 57.9 Å². The third-order valence-electron chi connectivity index (χ3n) is 12.3. The number of fused-ring (bicyclic) bond motifs is 5. The van der Waals surface area contributed by atoms with E-state index < -0.39 is 112 Å². The van der Waals surface area contributed by atoms with E-state index in [1.807, 2.05) is 0 Å². The van der Waals surface area contributed by atoms with E-state index in [9.17, 15) is 34.2 Å². The predicted octanol–water partition coefficient (Wildman–Crippen LogP) is 4.84. The molecule has 2 aromatic rings. The molecule has 2 aromatic carbocycles. The molecule has 60 heavy (non-hydrogen) atoms. The molecule has 6 rings (SSSR count). The number of amides is 1. The Bertz CT molecular complexity index is 2110. The number of alkyl carbamates (subject to hydrolysis) is 1. The molecule has 0 aromatic heterocycles. The number of esters is 4. The molecule has 0 unspecified atom stereocenters. The van der Waals surface area contributed by atoms with Crippen LogP contribution in [0.2, 0.25) is 0 Å². The van der Waals surface area contributed by atoms with Gasteiger partial charge in [0.15, 0.2) is 23.6 Å². The highest BCUT2D eigenvalue weighted by atomic mass is 16.6. The minimum Gasteiger partial charge on any atom is -0.455 e. The topological polar surface area (TPSA) is 210 Å². The standard InChI is InChI=1S/C45H53NO14/c1-24-29(57-39(52)33(49)32(27-16-12-10-13-17-27)46-40(53)60-41(4,5)6)22-45(54)37(58-38(51)28-18-14-11-15-19-28)35-43(9,21-20-30-44(35,23-55-30)59-26(3)48)36(50)34(56-25(2)47)31(24)42(45,7)8/h10-21,30-35,37,49,54H,22-23H2,1-9H3,(H,46,53)/t30-,31-,32+,33-,34-,35+,37+,43-,44+,45-/m1/s1. The molecule has 4 aliphatic rings. The first-order valence-electron chi connectivity index (χ1n) is 19.8. The van der Waals surface area contributed by atoms with Crippen LogP contribution in [0.25, 0.3) is 0 Å². The number of aliphatic hydroxyl groups is 2. The van der Waals surface area contributed by atoms with Crippen LogP contribution in [0.15, 0.2) is 84.1 Å². The zero-order valence-corrected chi connectivity index (χ0v) is 35.2. The summed E-state index contributed by atoms with van der Waals surface area (Å²) in [5.74, 6) is -7.20. The lowest BCUT2D eigenvalue weighted by Gasteiger charge is -2.65. The summed E-state index contributed by atoms with van der Waals surface area (Å²) in [6.45, 7) is 13.3. The van der Waals surface area contributed by atoms with Gasteiger partial charge in [0.25, 0.3) is 0 Å². The quantitative estimate of drug-likeness (QED) is 0.176. The lowest BCUT2D eigenvalue weighted by Crippen LogP contribution is -2.79. The van der Waals surface area contributed by atoms with Crippen molar-refractivity contribution in [3.8, 4) is 0 Å². The summed E-state index contributed by atoms with van der Waals surface area (Å²) in [7, 11) is 0. The molecule has 322 valence electrons. The second kappa shape index (κ2) is 15.9. The summed E-state index contributed by atoms with van der Waals surface area (Å²) < 4.78 is 35.6. The van der Waals surface area contributed by atoms with E-state index in [0.717, 1.165) is 6.92 Å². The van der Waals surface area contributed by atoms with Gasteiger partial charge in [-0.2, -0.15) is 0 Å². The van der Waals surface area contributed by atoms with Crippen molar-refractivity contribution in [1.29, 1.82) is 0 Å². The van der Waals surface area contributed by atoms with Crippen molar-refractivity contribution in [2.24, 2.45) is 22.7 Å². The Morgan fingerprint density at radius 1 is 0.917 bits per heavy atom. The third-order valence-corrected chi connectivity index (χ3v) is 12.3. The molecule has 15 nitrogen and oxygen atoms in total. The van der Waals surface area contributed by atoms with Gasteiger partial charge in [-0.15, -0.1) is 0 Å². The highest BCUT2D eigenvalue weighted by Gasteiger charge is 2.76. The highest BCUT2D eigenvalue weighted by molar-refractivity contribution is 5.94. The first kappa shape index (κ1) is 44.2. The summed E-state index contributed by atoms with van der Waals surface area (Å²) in [4.78, 5) is 82.6. The Morgan fingerprint density at radius 3 is 2.08 bits per heavy atom. The van der Waals surface area contributed by atoms with Crippen LogP contribution in [0, 0.1) is 22.7 Å². The number of hydrogen-bond donors (Lipinski definition) is 3. The van der Waals surface area contributed by atoms with Crippen LogP contribution in [0.4, 0.5) is 4.79 Å². The van der Waals surface area contributed by atoms with Crippen LogP contribution in [0.1, 0.15) is 90.7 Å². The fraction of sp³-hybridized carbons (Fsp3) is 0.511. The summed E-state index contributed by atoms with van der Waals surface area (Å²) in [6, 6.07) is 14.7. The Hall–Kier alpha value is -5.38. The van der Waals surface area contributed by atoms with Crippen molar-refractivity contribution in [1.82, 2.24) is 5.32 Å². The first-order chi connectivity index (χ1) is 28.0. The zero-order chi connectivity index (χ0) is 44.2. The van der Waals surface area contributed by atoms with Crippen molar-refractivity contribution in [3.63, 3.8) is 0 Å². The Kier molecular flexibility index (Phi) is 11.7. The van der Waals surface area contributed by atoms with Crippen LogP contribution in [-0.4, -0.2) is 93.8 Å². The maximum absolute atomic E-state index is 15.4. The normalized spacial score (nSPS) is 31.3. The molecule has 2 fully saturated rings.